The number of aliphatic hydroxyl groups excluding tert-OH is 1. The van der Waals surface area contributed by atoms with E-state index >= 15 is 0 Å². The molecule has 1 saturated carbocycles. The van der Waals surface area contributed by atoms with Crippen molar-refractivity contribution in [1.82, 2.24) is 4.90 Å². The predicted octanol–water partition coefficient (Wildman–Crippen LogP) is 1.07. The van der Waals surface area contributed by atoms with Gasteiger partial charge in [0.05, 0.1) is 20.3 Å². The number of ether oxygens (including phenoxy) is 2. The Kier molecular flexibility index (Phi) is 4.11. The van der Waals surface area contributed by atoms with Gasteiger partial charge in [0, 0.05) is 42.2 Å². The number of nitrogens with zero attached hydrogens (tertiary/aromatic N) is 2. The lowest BCUT2D eigenvalue weighted by atomic mass is 9.48. The number of hydrogen-bond donors (Lipinski definition) is 2. The van der Waals surface area contributed by atoms with E-state index in [0.29, 0.717) is 6.42 Å². The van der Waals surface area contributed by atoms with E-state index in [4.69, 9.17) is 9.47 Å². The van der Waals surface area contributed by atoms with Crippen LogP contribution in [0.25, 0.3) is 0 Å². The fraction of sp³-hybridized carbons (Fsp3) is 0.609. The number of anilines is 1. The fourth-order valence-electron chi connectivity index (χ4n) is 7.34. The highest BCUT2D eigenvalue weighted by Gasteiger charge is 2.78. The molecular formula is C23H30N2O5. The Morgan fingerprint density at radius 2 is 2.07 bits per heavy atom. The highest BCUT2D eigenvalue weighted by atomic mass is 16.5. The first-order valence-electron chi connectivity index (χ1n) is 10.6. The van der Waals surface area contributed by atoms with Gasteiger partial charge in [0.15, 0.2) is 0 Å². The van der Waals surface area contributed by atoms with E-state index in [-0.39, 0.29) is 6.04 Å². The Balaban J connectivity index is 1.85. The molecule has 7 heteroatoms. The third kappa shape index (κ3) is 1.95. The summed E-state index contributed by atoms with van der Waals surface area (Å²) in [5, 5.41) is 23.7. The SMILES string of the molecule is CC[C@]12C=CCN3CC[C@@]4(c5ccc(OC)cc5N(C)[C@H]4[C@](O)(C(=O)OC)[C@@H]1O)[C@H]32. The first-order valence-corrected chi connectivity index (χ1v) is 10.6. The number of aliphatic hydroxyl groups is 2. The minimum absolute atomic E-state index is 0.0259. The lowest BCUT2D eigenvalue weighted by molar-refractivity contribution is -0.218. The van der Waals surface area contributed by atoms with E-state index in [1.807, 2.05) is 37.1 Å². The number of methoxy groups -OCH3 is 2. The van der Waals surface area contributed by atoms with Crippen LogP contribution in [0.2, 0.25) is 0 Å². The van der Waals surface area contributed by atoms with Crippen LogP contribution in [0.4, 0.5) is 5.69 Å². The van der Waals surface area contributed by atoms with Gasteiger partial charge in [-0.1, -0.05) is 25.1 Å². The first kappa shape index (κ1) is 19.8. The molecule has 162 valence electrons. The Morgan fingerprint density at radius 1 is 1.30 bits per heavy atom. The lowest BCUT2D eigenvalue weighted by Gasteiger charge is -2.63. The van der Waals surface area contributed by atoms with Crippen molar-refractivity contribution in [2.24, 2.45) is 5.41 Å². The molecule has 1 aliphatic carbocycles. The molecule has 3 heterocycles. The summed E-state index contributed by atoms with van der Waals surface area (Å²) in [6.45, 7) is 3.67. The van der Waals surface area contributed by atoms with Crippen molar-refractivity contribution in [3.63, 3.8) is 0 Å². The molecule has 0 amide bonds. The number of rotatable bonds is 3. The molecule has 4 aliphatic rings. The second-order valence-corrected chi connectivity index (χ2v) is 9.17. The van der Waals surface area contributed by atoms with Gasteiger partial charge in [0.2, 0.25) is 5.60 Å². The average Bonchev–Trinajstić information content (AvgIpc) is 3.28. The van der Waals surface area contributed by atoms with Crippen LogP contribution in [0.5, 0.6) is 5.75 Å². The topological polar surface area (TPSA) is 82.5 Å². The number of esters is 1. The summed E-state index contributed by atoms with van der Waals surface area (Å²) in [6, 6.07) is 5.31. The largest absolute Gasteiger partial charge is 0.497 e. The quantitative estimate of drug-likeness (QED) is 0.566. The van der Waals surface area contributed by atoms with Crippen molar-refractivity contribution in [3.05, 3.63) is 35.9 Å². The van der Waals surface area contributed by atoms with Crippen LogP contribution >= 0.6 is 0 Å². The van der Waals surface area contributed by atoms with Crippen LogP contribution in [0, 0.1) is 5.41 Å². The predicted molar refractivity (Wildman–Crippen MR) is 112 cm³/mol. The molecule has 2 N–H and O–H groups in total. The molecule has 6 atom stereocenters. The van der Waals surface area contributed by atoms with Gasteiger partial charge in [-0.2, -0.15) is 0 Å². The van der Waals surface area contributed by atoms with E-state index < -0.39 is 34.5 Å². The number of carbonyl (C=O) groups is 1. The van der Waals surface area contributed by atoms with E-state index in [1.54, 1.807) is 7.11 Å². The third-order valence-electron chi connectivity index (χ3n) is 8.37. The third-order valence-corrected chi connectivity index (χ3v) is 8.37. The molecule has 1 aromatic rings. The molecule has 5 rings (SSSR count). The van der Waals surface area contributed by atoms with Gasteiger partial charge in [-0.05, 0) is 31.0 Å². The summed E-state index contributed by atoms with van der Waals surface area (Å²) < 4.78 is 10.6. The summed E-state index contributed by atoms with van der Waals surface area (Å²) in [7, 11) is 4.79. The summed E-state index contributed by atoms with van der Waals surface area (Å²) in [4.78, 5) is 17.5. The van der Waals surface area contributed by atoms with Gasteiger partial charge in [0.1, 0.15) is 11.9 Å². The van der Waals surface area contributed by atoms with Crippen LogP contribution in [-0.4, -0.2) is 79.2 Å². The van der Waals surface area contributed by atoms with Crippen molar-refractivity contribution < 1.29 is 24.5 Å². The molecule has 0 unspecified atom stereocenters. The average molecular weight is 415 g/mol. The van der Waals surface area contributed by atoms with Gasteiger partial charge < -0.3 is 24.6 Å². The molecule has 0 radical (unpaired) electrons. The zero-order chi connectivity index (χ0) is 21.5. The zero-order valence-electron chi connectivity index (χ0n) is 18.0. The number of hydrogen-bond acceptors (Lipinski definition) is 7. The van der Waals surface area contributed by atoms with Gasteiger partial charge in [-0.25, -0.2) is 4.79 Å². The number of carbonyl (C=O) groups excluding carboxylic acids is 1. The van der Waals surface area contributed by atoms with Crippen molar-refractivity contribution in [2.45, 2.75) is 49.0 Å². The van der Waals surface area contributed by atoms with Crippen LogP contribution in [-0.2, 0) is 14.9 Å². The normalized spacial score (nSPS) is 41.3. The maximum atomic E-state index is 13.1. The standard InChI is InChI=1S/C23H30N2O5/c1-5-21-9-6-11-25-12-10-22(17(21)25)15-8-7-14(29-3)13-16(15)24(2)18(22)23(28,19(21)26)20(27)30-4/h6-9,13,17-19,26,28H,5,10-12H2,1-4H3/t17-,18-,19-,21-,22-,23-/m1/s1. The van der Waals surface area contributed by atoms with Crippen molar-refractivity contribution in [1.29, 1.82) is 0 Å². The van der Waals surface area contributed by atoms with Gasteiger partial charge >= 0.3 is 5.97 Å². The maximum Gasteiger partial charge on any atom is 0.342 e. The maximum absolute atomic E-state index is 13.1. The van der Waals surface area contributed by atoms with Gasteiger partial charge in [0.25, 0.3) is 0 Å². The molecule has 1 aromatic carbocycles. The second kappa shape index (κ2) is 6.22. The van der Waals surface area contributed by atoms with Crippen LogP contribution in [0.15, 0.2) is 30.4 Å². The molecule has 0 bridgehead atoms. The molecule has 3 aliphatic heterocycles. The van der Waals surface area contributed by atoms with E-state index in [1.165, 1.54) is 7.11 Å². The van der Waals surface area contributed by atoms with E-state index in [2.05, 4.69) is 17.0 Å². The molecule has 30 heavy (non-hydrogen) atoms. The first-order chi connectivity index (χ1) is 14.3. The smallest absolute Gasteiger partial charge is 0.342 e. The van der Waals surface area contributed by atoms with Crippen LogP contribution in [0.3, 0.4) is 0 Å². The van der Waals surface area contributed by atoms with Gasteiger partial charge in [-0.15, -0.1) is 0 Å². The molecule has 0 aromatic heterocycles. The molecule has 1 spiro atoms. The Labute approximate surface area is 176 Å². The van der Waals surface area contributed by atoms with Gasteiger partial charge in [-0.3, -0.25) is 4.90 Å². The number of fused-ring (bicyclic) bond motifs is 1. The van der Waals surface area contributed by atoms with Crippen LogP contribution < -0.4 is 9.64 Å². The van der Waals surface area contributed by atoms with Crippen molar-refractivity contribution in [3.8, 4) is 5.75 Å². The van der Waals surface area contributed by atoms with Crippen molar-refractivity contribution in [2.75, 3.05) is 39.3 Å². The highest BCUT2D eigenvalue weighted by Crippen LogP contribution is 2.66. The van der Waals surface area contributed by atoms with Crippen molar-refractivity contribution >= 4 is 11.7 Å². The molecule has 7 nitrogen and oxygen atoms in total. The zero-order valence-corrected chi connectivity index (χ0v) is 18.0. The van der Waals surface area contributed by atoms with E-state index in [9.17, 15) is 15.0 Å². The molecule has 2 fully saturated rings. The summed E-state index contributed by atoms with van der Waals surface area (Å²) in [6.07, 6.45) is 4.21. The Morgan fingerprint density at radius 3 is 2.73 bits per heavy atom. The molecular weight excluding hydrogens is 384 g/mol. The van der Waals surface area contributed by atoms with Crippen LogP contribution in [0.1, 0.15) is 25.3 Å². The summed E-state index contributed by atoms with van der Waals surface area (Å²) >= 11 is 0. The Bertz CT molecular complexity index is 934. The summed E-state index contributed by atoms with van der Waals surface area (Å²) in [5.74, 6) is -0.0624. The Hall–Kier alpha value is -2.09. The number of benzene rings is 1. The summed E-state index contributed by atoms with van der Waals surface area (Å²) in [5.41, 5.74) is -1.31. The highest BCUT2D eigenvalue weighted by molar-refractivity contribution is 5.86. The molecule has 1 saturated heterocycles. The minimum Gasteiger partial charge on any atom is -0.497 e. The fourth-order valence-corrected chi connectivity index (χ4v) is 7.34. The monoisotopic (exact) mass is 414 g/mol. The lowest BCUT2D eigenvalue weighted by Crippen LogP contribution is -2.80. The minimum atomic E-state index is -2.07. The second-order valence-electron chi connectivity index (χ2n) is 9.17. The van der Waals surface area contributed by atoms with E-state index in [0.717, 1.165) is 36.5 Å². The number of likely N-dealkylation sites (N-methyl/N-ethyl adjacent to an activating group) is 1.